The summed E-state index contributed by atoms with van der Waals surface area (Å²) in [7, 11) is 0. The van der Waals surface area contributed by atoms with E-state index in [1.54, 1.807) is 29.8 Å². The van der Waals surface area contributed by atoms with Crippen LogP contribution >= 0.6 is 0 Å². The lowest BCUT2D eigenvalue weighted by Gasteiger charge is -2.13. The molecule has 0 atom stereocenters. The standard InChI is InChI=1S/C25H29N3O5/c1-5-31-21-13-12-20(14-22(21)32-6-2)26-23(29)16-33-25(30)24-17(3)27-28(18(24)4)15-19-10-8-7-9-11-19/h7-14H,5-6,15-16H2,1-4H3,(H,26,29). The minimum Gasteiger partial charge on any atom is -0.490 e. The van der Waals surface area contributed by atoms with Gasteiger partial charge in [-0.25, -0.2) is 4.79 Å². The number of aromatic nitrogens is 2. The molecule has 1 amide bonds. The number of carbonyl (C=O) groups is 2. The quantitative estimate of drug-likeness (QED) is 0.466. The maximum absolute atomic E-state index is 12.7. The molecule has 174 valence electrons. The second-order valence-electron chi connectivity index (χ2n) is 7.34. The summed E-state index contributed by atoms with van der Waals surface area (Å²) in [5.74, 6) is 0.0940. The van der Waals surface area contributed by atoms with E-state index in [1.165, 1.54) is 0 Å². The summed E-state index contributed by atoms with van der Waals surface area (Å²) in [6.45, 7) is 8.41. The fourth-order valence-corrected chi connectivity index (χ4v) is 3.43. The maximum atomic E-state index is 12.7. The number of hydrogen-bond donors (Lipinski definition) is 1. The molecule has 1 aromatic heterocycles. The van der Waals surface area contributed by atoms with Crippen molar-refractivity contribution >= 4 is 17.6 Å². The highest BCUT2D eigenvalue weighted by atomic mass is 16.5. The Balaban J connectivity index is 1.62. The third-order valence-corrected chi connectivity index (χ3v) is 4.92. The molecule has 33 heavy (non-hydrogen) atoms. The number of esters is 1. The number of nitrogens with one attached hydrogen (secondary N) is 1. The Morgan fingerprint density at radius 1 is 0.970 bits per heavy atom. The number of hydrogen-bond acceptors (Lipinski definition) is 6. The van der Waals surface area contributed by atoms with E-state index in [0.717, 1.165) is 5.56 Å². The molecule has 8 heteroatoms. The van der Waals surface area contributed by atoms with Crippen molar-refractivity contribution in [1.29, 1.82) is 0 Å². The van der Waals surface area contributed by atoms with Crippen LogP contribution < -0.4 is 14.8 Å². The molecule has 0 aliphatic rings. The molecule has 0 fully saturated rings. The number of carbonyl (C=O) groups excluding carboxylic acids is 2. The molecule has 0 spiro atoms. The Kier molecular flexibility index (Phi) is 8.07. The highest BCUT2D eigenvalue weighted by molar-refractivity contribution is 5.96. The van der Waals surface area contributed by atoms with Crippen LogP contribution in [0.15, 0.2) is 48.5 Å². The van der Waals surface area contributed by atoms with E-state index in [4.69, 9.17) is 14.2 Å². The molecule has 2 aromatic carbocycles. The van der Waals surface area contributed by atoms with Gasteiger partial charge in [-0.2, -0.15) is 5.10 Å². The van der Waals surface area contributed by atoms with E-state index in [1.807, 2.05) is 51.1 Å². The van der Waals surface area contributed by atoms with Crippen LogP contribution in [-0.2, 0) is 16.1 Å². The Hall–Kier alpha value is -3.81. The molecular formula is C25H29N3O5. The van der Waals surface area contributed by atoms with Crippen LogP contribution in [0, 0.1) is 13.8 Å². The summed E-state index contributed by atoms with van der Waals surface area (Å²) < 4.78 is 18.1. The molecular weight excluding hydrogens is 422 g/mol. The van der Waals surface area contributed by atoms with Crippen molar-refractivity contribution in [2.75, 3.05) is 25.1 Å². The lowest BCUT2D eigenvalue weighted by Crippen LogP contribution is -2.21. The SMILES string of the molecule is CCOc1ccc(NC(=O)COC(=O)c2c(C)nn(Cc3ccccc3)c2C)cc1OCC. The van der Waals surface area contributed by atoms with Crippen molar-refractivity contribution in [1.82, 2.24) is 9.78 Å². The van der Waals surface area contributed by atoms with Gasteiger partial charge in [-0.15, -0.1) is 0 Å². The first-order valence-corrected chi connectivity index (χ1v) is 10.9. The summed E-state index contributed by atoms with van der Waals surface area (Å²) in [6, 6.07) is 15.0. The van der Waals surface area contributed by atoms with Gasteiger partial charge in [0.25, 0.3) is 5.91 Å². The number of anilines is 1. The predicted molar refractivity (Wildman–Crippen MR) is 125 cm³/mol. The molecule has 0 saturated carbocycles. The predicted octanol–water partition coefficient (Wildman–Crippen LogP) is 4.14. The summed E-state index contributed by atoms with van der Waals surface area (Å²) in [4.78, 5) is 25.0. The van der Waals surface area contributed by atoms with E-state index >= 15 is 0 Å². The number of ether oxygens (including phenoxy) is 3. The Bertz CT molecular complexity index is 1110. The van der Waals surface area contributed by atoms with E-state index in [-0.39, 0.29) is 0 Å². The average molecular weight is 452 g/mol. The van der Waals surface area contributed by atoms with Gasteiger partial charge in [0, 0.05) is 11.8 Å². The van der Waals surface area contributed by atoms with Gasteiger partial charge in [0.15, 0.2) is 18.1 Å². The molecule has 3 rings (SSSR count). The normalized spacial score (nSPS) is 10.5. The van der Waals surface area contributed by atoms with Crippen molar-refractivity contribution in [3.63, 3.8) is 0 Å². The third-order valence-electron chi connectivity index (χ3n) is 4.92. The molecule has 0 aliphatic carbocycles. The van der Waals surface area contributed by atoms with Crippen LogP contribution in [0.2, 0.25) is 0 Å². The molecule has 0 bridgehead atoms. The number of amides is 1. The number of aryl methyl sites for hydroxylation is 1. The first kappa shape index (κ1) is 23.8. The zero-order valence-electron chi connectivity index (χ0n) is 19.4. The minimum absolute atomic E-state index is 0.374. The van der Waals surface area contributed by atoms with Crippen LogP contribution in [0.4, 0.5) is 5.69 Å². The zero-order chi connectivity index (χ0) is 23.8. The third kappa shape index (κ3) is 6.12. The fourth-order valence-electron chi connectivity index (χ4n) is 3.43. The average Bonchev–Trinajstić information content (AvgIpc) is 3.07. The van der Waals surface area contributed by atoms with Gasteiger partial charge in [-0.05, 0) is 45.4 Å². The maximum Gasteiger partial charge on any atom is 0.342 e. The van der Waals surface area contributed by atoms with Crippen LogP contribution in [0.5, 0.6) is 11.5 Å². The van der Waals surface area contributed by atoms with Crippen LogP contribution in [-0.4, -0.2) is 41.5 Å². The van der Waals surface area contributed by atoms with Gasteiger partial charge in [0.2, 0.25) is 0 Å². The molecule has 0 unspecified atom stereocenters. The first-order chi connectivity index (χ1) is 15.9. The zero-order valence-corrected chi connectivity index (χ0v) is 19.4. The van der Waals surface area contributed by atoms with E-state index in [0.29, 0.717) is 53.9 Å². The molecule has 1 heterocycles. The monoisotopic (exact) mass is 451 g/mol. The van der Waals surface area contributed by atoms with Crippen LogP contribution in [0.25, 0.3) is 0 Å². The molecule has 0 saturated heterocycles. The summed E-state index contributed by atoms with van der Waals surface area (Å²) in [6.07, 6.45) is 0. The van der Waals surface area contributed by atoms with Crippen LogP contribution in [0.3, 0.4) is 0 Å². The minimum atomic E-state index is -0.582. The van der Waals surface area contributed by atoms with Gasteiger partial charge < -0.3 is 19.5 Å². The smallest absolute Gasteiger partial charge is 0.342 e. The molecule has 0 radical (unpaired) electrons. The van der Waals surface area contributed by atoms with Crippen molar-refractivity contribution < 1.29 is 23.8 Å². The first-order valence-electron chi connectivity index (χ1n) is 10.9. The van der Waals surface area contributed by atoms with Crippen molar-refractivity contribution in [3.05, 3.63) is 71.0 Å². The van der Waals surface area contributed by atoms with E-state index in [2.05, 4.69) is 10.4 Å². The van der Waals surface area contributed by atoms with Crippen molar-refractivity contribution in [3.8, 4) is 11.5 Å². The van der Waals surface area contributed by atoms with Crippen LogP contribution in [0.1, 0.15) is 41.2 Å². The number of rotatable bonds is 10. The number of benzene rings is 2. The van der Waals surface area contributed by atoms with E-state index < -0.39 is 18.5 Å². The largest absolute Gasteiger partial charge is 0.490 e. The fraction of sp³-hybridized carbons (Fsp3) is 0.320. The Morgan fingerprint density at radius 3 is 2.36 bits per heavy atom. The lowest BCUT2D eigenvalue weighted by atomic mass is 10.2. The summed E-state index contributed by atoms with van der Waals surface area (Å²) in [5, 5.41) is 7.17. The highest BCUT2D eigenvalue weighted by Crippen LogP contribution is 2.30. The second kappa shape index (κ2) is 11.2. The van der Waals surface area contributed by atoms with Gasteiger partial charge in [-0.3, -0.25) is 9.48 Å². The van der Waals surface area contributed by atoms with Gasteiger partial charge in [0.05, 0.1) is 31.1 Å². The topological polar surface area (TPSA) is 91.7 Å². The van der Waals surface area contributed by atoms with E-state index in [9.17, 15) is 9.59 Å². The Morgan fingerprint density at radius 2 is 1.67 bits per heavy atom. The number of nitrogens with zero attached hydrogens (tertiary/aromatic N) is 2. The van der Waals surface area contributed by atoms with Gasteiger partial charge in [0.1, 0.15) is 5.56 Å². The van der Waals surface area contributed by atoms with Gasteiger partial charge >= 0.3 is 5.97 Å². The van der Waals surface area contributed by atoms with Crippen molar-refractivity contribution in [2.45, 2.75) is 34.2 Å². The summed E-state index contributed by atoms with van der Waals surface area (Å²) >= 11 is 0. The van der Waals surface area contributed by atoms with Crippen molar-refractivity contribution in [2.24, 2.45) is 0 Å². The highest BCUT2D eigenvalue weighted by Gasteiger charge is 2.21. The molecule has 3 aromatic rings. The molecule has 0 aliphatic heterocycles. The summed E-state index contributed by atoms with van der Waals surface area (Å²) in [5.41, 5.74) is 3.21. The lowest BCUT2D eigenvalue weighted by molar-refractivity contribution is -0.119. The Labute approximate surface area is 193 Å². The van der Waals surface area contributed by atoms with Gasteiger partial charge in [-0.1, -0.05) is 30.3 Å². The molecule has 1 N–H and O–H groups in total. The second-order valence-corrected chi connectivity index (χ2v) is 7.34. The molecule has 8 nitrogen and oxygen atoms in total.